The zero-order valence-corrected chi connectivity index (χ0v) is 18.6. The molecular weight excluding hydrogens is 388 g/mol. The van der Waals surface area contributed by atoms with Crippen molar-refractivity contribution in [3.63, 3.8) is 0 Å². The summed E-state index contributed by atoms with van der Waals surface area (Å²) in [6, 6.07) is 15.1. The number of piperidine rings is 1. The highest BCUT2D eigenvalue weighted by Gasteiger charge is 2.43. The Labute approximate surface area is 184 Å². The highest BCUT2D eigenvalue weighted by molar-refractivity contribution is 6.45. The maximum atomic E-state index is 13.7. The van der Waals surface area contributed by atoms with E-state index in [1.165, 1.54) is 4.90 Å². The van der Waals surface area contributed by atoms with Crippen LogP contribution in [0.2, 0.25) is 0 Å². The second kappa shape index (κ2) is 8.96. The van der Waals surface area contributed by atoms with Gasteiger partial charge in [-0.25, -0.2) is 4.90 Å². The third kappa shape index (κ3) is 4.09. The fourth-order valence-electron chi connectivity index (χ4n) is 4.22. The number of likely N-dealkylation sites (tertiary alicyclic amines) is 1. The number of anilines is 1. The third-order valence-electron chi connectivity index (χ3n) is 6.07. The molecule has 4 rings (SSSR count). The van der Waals surface area contributed by atoms with Gasteiger partial charge in [-0.05, 0) is 49.8 Å². The topological polar surface area (TPSA) is 49.9 Å². The highest BCUT2D eigenvalue weighted by atomic mass is 16.5. The Morgan fingerprint density at radius 2 is 1.65 bits per heavy atom. The van der Waals surface area contributed by atoms with Crippen LogP contribution in [-0.2, 0) is 9.59 Å². The van der Waals surface area contributed by atoms with Crippen LogP contribution < -0.4 is 9.64 Å². The lowest BCUT2D eigenvalue weighted by Gasteiger charge is -2.32. The number of aryl methyl sites for hydroxylation is 1. The predicted octanol–water partition coefficient (Wildman–Crippen LogP) is 4.80. The fourth-order valence-corrected chi connectivity index (χ4v) is 4.22. The molecule has 0 bridgehead atoms. The Hall–Kier alpha value is -3.08. The minimum absolute atomic E-state index is 0.261. The van der Waals surface area contributed by atoms with Crippen LogP contribution in [0.5, 0.6) is 5.75 Å². The molecule has 2 heterocycles. The molecule has 5 heteroatoms. The van der Waals surface area contributed by atoms with Crippen LogP contribution >= 0.6 is 0 Å². The number of carbonyl (C=O) groups excluding carboxylic acids is 2. The second-order valence-corrected chi connectivity index (χ2v) is 8.52. The lowest BCUT2D eigenvalue weighted by molar-refractivity contribution is -0.120. The minimum Gasteiger partial charge on any atom is -0.491 e. The molecule has 0 N–H and O–H groups in total. The van der Waals surface area contributed by atoms with Crippen molar-refractivity contribution in [2.45, 2.75) is 40.0 Å². The first-order valence-corrected chi connectivity index (χ1v) is 11.2. The van der Waals surface area contributed by atoms with E-state index in [0.717, 1.165) is 43.5 Å². The summed E-state index contributed by atoms with van der Waals surface area (Å²) in [5.74, 6) is 0.645. The molecule has 0 radical (unpaired) electrons. The number of imide groups is 1. The van der Waals surface area contributed by atoms with E-state index in [1.807, 2.05) is 56.3 Å². The number of hydrogen-bond donors (Lipinski definition) is 0. The molecule has 1 saturated heterocycles. The van der Waals surface area contributed by atoms with Gasteiger partial charge >= 0.3 is 0 Å². The number of nitrogens with zero attached hydrogens (tertiary/aromatic N) is 2. The summed E-state index contributed by atoms with van der Waals surface area (Å²) in [7, 11) is 0. The Kier molecular flexibility index (Phi) is 6.12. The molecule has 2 aromatic rings. The molecule has 162 valence electrons. The molecule has 0 aromatic heterocycles. The lowest BCUT2D eigenvalue weighted by atomic mass is 9.97. The zero-order valence-electron chi connectivity index (χ0n) is 18.6. The van der Waals surface area contributed by atoms with Gasteiger partial charge in [-0.15, -0.1) is 0 Å². The summed E-state index contributed by atoms with van der Waals surface area (Å²) in [5.41, 5.74) is 3.42. The van der Waals surface area contributed by atoms with Gasteiger partial charge < -0.3 is 9.64 Å². The van der Waals surface area contributed by atoms with Gasteiger partial charge in [-0.3, -0.25) is 9.59 Å². The minimum atomic E-state index is -0.282. The Morgan fingerprint density at radius 3 is 2.32 bits per heavy atom. The van der Waals surface area contributed by atoms with Gasteiger partial charge in [0.25, 0.3) is 11.8 Å². The SMILES string of the molecule is CCCOc1ccccc1N1C(=O)C(c2ccc(C)cc2)=C(N2CCC(C)CC2)C1=O. The number of rotatable bonds is 6. The smallest absolute Gasteiger partial charge is 0.282 e. The van der Waals surface area contributed by atoms with Crippen molar-refractivity contribution < 1.29 is 14.3 Å². The maximum Gasteiger partial charge on any atom is 0.282 e. The number of amides is 2. The van der Waals surface area contributed by atoms with Crippen LogP contribution in [-0.4, -0.2) is 36.4 Å². The van der Waals surface area contributed by atoms with Crippen molar-refractivity contribution in [1.29, 1.82) is 0 Å². The molecule has 2 amide bonds. The Bertz CT molecular complexity index is 1000. The summed E-state index contributed by atoms with van der Waals surface area (Å²) in [5, 5.41) is 0. The van der Waals surface area contributed by atoms with Crippen LogP contribution in [0.25, 0.3) is 5.57 Å². The largest absolute Gasteiger partial charge is 0.491 e. The van der Waals surface area contributed by atoms with Crippen LogP contribution in [0, 0.1) is 12.8 Å². The van der Waals surface area contributed by atoms with Crippen molar-refractivity contribution >= 4 is 23.1 Å². The maximum absolute atomic E-state index is 13.7. The summed E-state index contributed by atoms with van der Waals surface area (Å²) < 4.78 is 5.87. The Balaban J connectivity index is 1.79. The summed E-state index contributed by atoms with van der Waals surface area (Å²) in [6.07, 6.45) is 2.88. The van der Waals surface area contributed by atoms with Gasteiger partial charge in [0, 0.05) is 13.1 Å². The number of carbonyl (C=O) groups is 2. The Morgan fingerprint density at radius 1 is 0.968 bits per heavy atom. The van der Waals surface area contributed by atoms with Gasteiger partial charge in [0.2, 0.25) is 0 Å². The average Bonchev–Trinajstić information content (AvgIpc) is 3.03. The first-order valence-electron chi connectivity index (χ1n) is 11.2. The number of para-hydroxylation sites is 2. The molecule has 0 atom stereocenters. The summed E-state index contributed by atoms with van der Waals surface area (Å²) in [6.45, 7) is 8.38. The van der Waals surface area contributed by atoms with Gasteiger partial charge in [-0.2, -0.15) is 0 Å². The standard InChI is InChI=1S/C26H30N2O3/c1-4-17-31-22-8-6-5-7-21(22)28-25(29)23(20-11-9-18(2)10-12-20)24(26(28)30)27-15-13-19(3)14-16-27/h5-12,19H,4,13-17H2,1-3H3. The summed E-state index contributed by atoms with van der Waals surface area (Å²) in [4.78, 5) is 30.8. The lowest BCUT2D eigenvalue weighted by Crippen LogP contribution is -2.38. The normalized spacial score (nSPS) is 17.6. The summed E-state index contributed by atoms with van der Waals surface area (Å²) >= 11 is 0. The van der Waals surface area contributed by atoms with Gasteiger partial charge in [0.1, 0.15) is 11.4 Å². The zero-order chi connectivity index (χ0) is 22.0. The van der Waals surface area contributed by atoms with Crippen molar-refractivity contribution in [2.24, 2.45) is 5.92 Å². The third-order valence-corrected chi connectivity index (χ3v) is 6.07. The molecule has 0 spiro atoms. The molecule has 2 aromatic carbocycles. The molecule has 0 saturated carbocycles. The number of hydrogen-bond acceptors (Lipinski definition) is 4. The molecule has 31 heavy (non-hydrogen) atoms. The highest BCUT2D eigenvalue weighted by Crippen LogP contribution is 2.39. The molecule has 0 unspecified atom stereocenters. The van der Waals surface area contributed by atoms with E-state index in [9.17, 15) is 9.59 Å². The van der Waals surface area contributed by atoms with E-state index < -0.39 is 0 Å². The fraction of sp³-hybridized carbons (Fsp3) is 0.385. The first-order chi connectivity index (χ1) is 15.0. The van der Waals surface area contributed by atoms with E-state index >= 15 is 0 Å². The van der Waals surface area contributed by atoms with Gasteiger partial charge in [0.15, 0.2) is 0 Å². The van der Waals surface area contributed by atoms with Crippen molar-refractivity contribution in [3.8, 4) is 5.75 Å². The molecular formula is C26H30N2O3. The van der Waals surface area contributed by atoms with E-state index in [4.69, 9.17) is 4.74 Å². The molecule has 0 aliphatic carbocycles. The molecule has 2 aliphatic heterocycles. The van der Waals surface area contributed by atoms with Crippen molar-refractivity contribution in [3.05, 3.63) is 65.4 Å². The average molecular weight is 419 g/mol. The van der Waals surface area contributed by atoms with Crippen LogP contribution in [0.1, 0.15) is 44.2 Å². The van der Waals surface area contributed by atoms with E-state index in [0.29, 0.717) is 35.2 Å². The number of benzene rings is 2. The van der Waals surface area contributed by atoms with Crippen LogP contribution in [0.3, 0.4) is 0 Å². The van der Waals surface area contributed by atoms with E-state index in [-0.39, 0.29) is 11.8 Å². The van der Waals surface area contributed by atoms with E-state index in [2.05, 4.69) is 11.8 Å². The second-order valence-electron chi connectivity index (χ2n) is 8.52. The molecule has 1 fully saturated rings. The monoisotopic (exact) mass is 418 g/mol. The van der Waals surface area contributed by atoms with Crippen molar-refractivity contribution in [1.82, 2.24) is 4.90 Å². The van der Waals surface area contributed by atoms with Crippen LogP contribution in [0.15, 0.2) is 54.2 Å². The van der Waals surface area contributed by atoms with Crippen LogP contribution in [0.4, 0.5) is 5.69 Å². The number of ether oxygens (including phenoxy) is 1. The molecule has 5 nitrogen and oxygen atoms in total. The predicted molar refractivity (Wildman–Crippen MR) is 123 cm³/mol. The first kappa shape index (κ1) is 21.2. The van der Waals surface area contributed by atoms with Gasteiger partial charge in [-0.1, -0.05) is 55.8 Å². The molecule has 2 aliphatic rings. The van der Waals surface area contributed by atoms with Gasteiger partial charge in [0.05, 0.1) is 17.9 Å². The quantitative estimate of drug-likeness (QED) is 0.633. The van der Waals surface area contributed by atoms with E-state index in [1.54, 1.807) is 6.07 Å². The van der Waals surface area contributed by atoms with Crippen molar-refractivity contribution in [2.75, 3.05) is 24.6 Å².